The highest BCUT2D eigenvalue weighted by Gasteiger charge is 2.46. The zero-order valence-corrected chi connectivity index (χ0v) is 33.2. The van der Waals surface area contributed by atoms with Crippen molar-refractivity contribution in [3.8, 4) is 0 Å². The number of aliphatic hydroxyl groups is 12. The number of nitrogens with one attached hydrogen (secondary N) is 2. The van der Waals surface area contributed by atoms with Gasteiger partial charge in [-0.05, 0) is 19.1 Å². The van der Waals surface area contributed by atoms with Crippen LogP contribution in [0.15, 0.2) is 10.2 Å². The third-order valence-electron chi connectivity index (χ3n) is 9.95. The Morgan fingerprint density at radius 1 is 0.542 bits per heavy atom. The second kappa shape index (κ2) is 23.8. The first-order valence-corrected chi connectivity index (χ1v) is 19.5. The molecule has 0 spiro atoms. The largest absolute Gasteiger partial charge is 0.394 e. The molecule has 4 aliphatic rings. The lowest BCUT2D eigenvalue weighted by molar-refractivity contribution is -0.303. The van der Waals surface area contributed by atoms with Gasteiger partial charge >= 0.3 is 0 Å². The third kappa shape index (κ3) is 14.2. The highest BCUT2D eigenvalue weighted by atomic mass is 32.1. The molecule has 0 aliphatic carbocycles. The molecule has 0 aromatic carbocycles. The number of hydrogen-bond acceptors (Lipinski definition) is 24. The fraction of sp³-hybridized carbons (Fsp3) is 0.970. The van der Waals surface area contributed by atoms with Crippen molar-refractivity contribution in [2.75, 3.05) is 92.4 Å². The van der Waals surface area contributed by atoms with Crippen LogP contribution in [-0.4, -0.2) is 257 Å². The maximum atomic E-state index is 10.3. The summed E-state index contributed by atoms with van der Waals surface area (Å²) >= 11 is 5.47. The molecular weight excluding hydrogens is 820 g/mol. The molecule has 4 aliphatic heterocycles. The second-order valence-corrected chi connectivity index (χ2v) is 15.2. The van der Waals surface area contributed by atoms with Gasteiger partial charge in [0.05, 0.1) is 91.2 Å². The van der Waals surface area contributed by atoms with Gasteiger partial charge < -0.3 is 115 Å². The molecule has 4 heterocycles. The SMILES string of the molecule is CC1(CNC(=S)NCC(COCCO[C@H]2O[C@H](CO)[C@@H](O)[C@H](O)[C@@H]2O)(COCCO[C@H]2O[C@H](CO)[C@@H](O)[C@H](O)[C@@H]2O)COCCO[C@H]2O[C@H](CO)[C@@H](O)[C@H](O)[C@@H]2O)N=N1. The Hall–Kier alpha value is -1.55. The van der Waals surface area contributed by atoms with Gasteiger partial charge in [0.15, 0.2) is 24.0 Å². The lowest BCUT2D eigenvalue weighted by atomic mass is 9.91. The number of rotatable bonds is 25. The van der Waals surface area contributed by atoms with Crippen LogP contribution in [-0.2, 0) is 42.6 Å². The summed E-state index contributed by atoms with van der Waals surface area (Å²) in [5, 5.41) is 134. The molecule has 25 nitrogen and oxygen atoms in total. The molecule has 0 unspecified atom stereocenters. The maximum absolute atomic E-state index is 10.3. The molecule has 344 valence electrons. The first kappa shape index (κ1) is 50.1. The minimum atomic E-state index is -1.64. The Morgan fingerprint density at radius 3 is 1.19 bits per heavy atom. The number of aliphatic hydroxyl groups excluding tert-OH is 12. The molecule has 0 aromatic rings. The van der Waals surface area contributed by atoms with Crippen molar-refractivity contribution in [2.45, 2.75) is 105 Å². The van der Waals surface area contributed by atoms with E-state index in [0.717, 1.165) is 0 Å². The van der Waals surface area contributed by atoms with Crippen LogP contribution in [0.3, 0.4) is 0 Å². The van der Waals surface area contributed by atoms with Crippen molar-refractivity contribution in [3.05, 3.63) is 0 Å². The summed E-state index contributed by atoms with van der Waals surface area (Å²) in [6.45, 7) is -0.951. The van der Waals surface area contributed by atoms with E-state index >= 15 is 0 Å². The minimum absolute atomic E-state index is 0.0541. The monoisotopic (exact) mass is 880 g/mol. The Balaban J connectivity index is 1.38. The predicted molar refractivity (Wildman–Crippen MR) is 196 cm³/mol. The smallest absolute Gasteiger partial charge is 0.205 e. The van der Waals surface area contributed by atoms with Crippen LogP contribution < -0.4 is 10.6 Å². The van der Waals surface area contributed by atoms with Gasteiger partial charge in [-0.2, -0.15) is 10.2 Å². The number of nitrogens with zero attached hydrogens (tertiary/aromatic N) is 2. The molecule has 3 fully saturated rings. The van der Waals surface area contributed by atoms with E-state index in [1.54, 1.807) is 6.92 Å². The average Bonchev–Trinajstić information content (AvgIpc) is 3.97. The van der Waals surface area contributed by atoms with Crippen molar-refractivity contribution in [1.29, 1.82) is 0 Å². The van der Waals surface area contributed by atoms with Crippen LogP contribution in [0.4, 0.5) is 0 Å². The summed E-state index contributed by atoms with van der Waals surface area (Å²) < 4.78 is 50.7. The second-order valence-electron chi connectivity index (χ2n) is 14.8. The van der Waals surface area contributed by atoms with Crippen molar-refractivity contribution in [3.63, 3.8) is 0 Å². The van der Waals surface area contributed by atoms with Gasteiger partial charge in [0.25, 0.3) is 0 Å². The van der Waals surface area contributed by atoms with Gasteiger partial charge in [0.2, 0.25) is 5.66 Å². The minimum Gasteiger partial charge on any atom is -0.394 e. The first-order valence-electron chi connectivity index (χ1n) is 19.0. The van der Waals surface area contributed by atoms with Gasteiger partial charge in [-0.1, -0.05) is 0 Å². The van der Waals surface area contributed by atoms with E-state index in [1.807, 2.05) is 0 Å². The Morgan fingerprint density at radius 2 is 0.881 bits per heavy atom. The van der Waals surface area contributed by atoms with Gasteiger partial charge in [-0.25, -0.2) is 0 Å². The highest BCUT2D eigenvalue weighted by Crippen LogP contribution is 2.27. The van der Waals surface area contributed by atoms with E-state index < -0.39 is 123 Å². The van der Waals surface area contributed by atoms with Crippen LogP contribution in [0.5, 0.6) is 0 Å². The first-order chi connectivity index (χ1) is 28.1. The van der Waals surface area contributed by atoms with Crippen LogP contribution in [0.2, 0.25) is 0 Å². The quantitative estimate of drug-likeness (QED) is 0.0299. The molecule has 0 aromatic heterocycles. The van der Waals surface area contributed by atoms with Crippen molar-refractivity contribution < 1.29 is 104 Å². The fourth-order valence-corrected chi connectivity index (χ4v) is 6.31. The van der Waals surface area contributed by atoms with E-state index in [-0.39, 0.29) is 71.1 Å². The predicted octanol–water partition coefficient (Wildman–Crippen LogP) is -7.88. The Labute approximate surface area is 344 Å². The Bertz CT molecular complexity index is 1160. The molecule has 15 atom stereocenters. The summed E-state index contributed by atoms with van der Waals surface area (Å²) in [6, 6.07) is 0. The van der Waals surface area contributed by atoms with Crippen molar-refractivity contribution in [1.82, 2.24) is 10.6 Å². The molecule has 26 heteroatoms. The highest BCUT2D eigenvalue weighted by molar-refractivity contribution is 7.80. The van der Waals surface area contributed by atoms with Gasteiger partial charge in [-0.3, -0.25) is 0 Å². The zero-order valence-electron chi connectivity index (χ0n) is 32.4. The van der Waals surface area contributed by atoms with E-state index in [2.05, 4.69) is 20.9 Å². The molecule has 0 amide bonds. The summed E-state index contributed by atoms with van der Waals surface area (Å²) in [5.41, 5.74) is -1.69. The van der Waals surface area contributed by atoms with E-state index in [1.165, 1.54) is 0 Å². The van der Waals surface area contributed by atoms with E-state index in [9.17, 15) is 61.3 Å². The molecule has 59 heavy (non-hydrogen) atoms. The van der Waals surface area contributed by atoms with Gasteiger partial charge in [0.1, 0.15) is 73.2 Å². The average molecular weight is 881 g/mol. The third-order valence-corrected chi connectivity index (χ3v) is 10.2. The topological polar surface area (TPSA) is 375 Å². The van der Waals surface area contributed by atoms with Crippen molar-refractivity contribution in [2.24, 2.45) is 15.6 Å². The molecule has 0 saturated carbocycles. The van der Waals surface area contributed by atoms with Crippen molar-refractivity contribution >= 4 is 17.3 Å². The lowest BCUT2D eigenvalue weighted by Gasteiger charge is -2.39. The standard InChI is InChI=1S/C33H60N4O21S/c1-32(36-37-32)11-34-31(59)35-12-33(13-50-2-5-53-28-25(47)22(44)19(41)16(8-38)56-28,14-51-3-6-54-29-26(48)23(45)20(42)17(9-39)57-29)15-52-4-7-55-30-27(49)24(46)21(43)18(10-40)58-30/h16-30,38-49H,2-15H2,1H3,(H2,34,35,59)/t16-,17-,18-,19-,20-,21-,22+,23+,24+,25+,26+,27+,28+,29+,30+/m1/s1. The van der Waals surface area contributed by atoms with E-state index in [0.29, 0.717) is 6.54 Å². The zero-order chi connectivity index (χ0) is 43.3. The lowest BCUT2D eigenvalue weighted by Crippen LogP contribution is -2.59. The maximum Gasteiger partial charge on any atom is 0.205 e. The molecule has 0 radical (unpaired) electrons. The van der Waals surface area contributed by atoms with Crippen LogP contribution in [0, 0.1) is 5.41 Å². The number of thiocarbonyl (C=S) groups is 1. The summed E-state index contributed by atoms with van der Waals surface area (Å²) in [5.74, 6) is 0. The Kier molecular flexibility index (Phi) is 20.2. The van der Waals surface area contributed by atoms with Crippen LogP contribution in [0.25, 0.3) is 0 Å². The number of hydrogen-bond donors (Lipinski definition) is 14. The summed E-state index contributed by atoms with van der Waals surface area (Å²) in [6.07, 6.45) is -22.2. The molecule has 14 N–H and O–H groups in total. The van der Waals surface area contributed by atoms with Crippen LogP contribution >= 0.6 is 12.2 Å². The molecular formula is C33H60N4O21S. The summed E-state index contributed by atoms with van der Waals surface area (Å²) in [7, 11) is 0. The molecule has 3 saturated heterocycles. The van der Waals surface area contributed by atoms with E-state index in [4.69, 9.17) is 54.8 Å². The molecule has 4 rings (SSSR count). The number of ether oxygens (including phenoxy) is 9. The fourth-order valence-electron chi connectivity index (χ4n) is 6.16. The van der Waals surface area contributed by atoms with Crippen LogP contribution in [0.1, 0.15) is 6.92 Å². The van der Waals surface area contributed by atoms with Gasteiger partial charge in [-0.15, -0.1) is 0 Å². The normalized spacial score (nSPS) is 37.0. The van der Waals surface area contributed by atoms with Gasteiger partial charge in [0, 0.05) is 6.54 Å². The summed E-state index contributed by atoms with van der Waals surface area (Å²) in [4.78, 5) is 0. The molecule has 0 bridgehead atoms.